The fourth-order valence-corrected chi connectivity index (χ4v) is 2.35. The van der Waals surface area contributed by atoms with Crippen LogP contribution >= 0.6 is 11.3 Å². The van der Waals surface area contributed by atoms with Crippen molar-refractivity contribution in [3.05, 3.63) is 52.2 Å². The molecule has 0 aliphatic rings. The Morgan fingerprint density at radius 3 is 3.00 bits per heavy atom. The van der Waals surface area contributed by atoms with Gasteiger partial charge in [-0.05, 0) is 35.4 Å². The molecule has 100 valence electrons. The number of halogens is 1. The van der Waals surface area contributed by atoms with E-state index in [1.807, 2.05) is 10.8 Å². The monoisotopic (exact) mass is 280 g/mol. The van der Waals surface area contributed by atoms with Crippen LogP contribution in [0.4, 0.5) is 4.39 Å². The number of hydrogen-bond acceptors (Lipinski definition) is 4. The zero-order valence-electron chi connectivity index (χ0n) is 10.3. The number of aromatic nitrogens is 1. The van der Waals surface area contributed by atoms with E-state index in [1.54, 1.807) is 13.0 Å². The summed E-state index contributed by atoms with van der Waals surface area (Å²) in [4.78, 5) is 15.4. The summed E-state index contributed by atoms with van der Waals surface area (Å²) in [5.41, 5.74) is -0.299. The van der Waals surface area contributed by atoms with Crippen LogP contribution < -0.4 is 5.32 Å². The summed E-state index contributed by atoms with van der Waals surface area (Å²) in [5.74, 6) is -1.04. The molecule has 2 aromatic rings. The molecule has 19 heavy (non-hydrogen) atoms. The smallest absolute Gasteiger partial charge is 0.253 e. The highest BCUT2D eigenvalue weighted by Gasteiger charge is 2.24. The molecule has 1 unspecified atom stereocenters. The van der Waals surface area contributed by atoms with Gasteiger partial charge < -0.3 is 10.4 Å². The summed E-state index contributed by atoms with van der Waals surface area (Å²) in [6.45, 7) is 1.65. The Morgan fingerprint density at radius 1 is 1.58 bits per heavy atom. The van der Waals surface area contributed by atoms with Gasteiger partial charge in [-0.25, -0.2) is 4.39 Å². The molecule has 2 N–H and O–H groups in total. The second kappa shape index (κ2) is 5.46. The fraction of sp³-hybridized carbons (Fsp3) is 0.231. The van der Waals surface area contributed by atoms with Crippen molar-refractivity contribution >= 4 is 17.2 Å². The lowest BCUT2D eigenvalue weighted by atomic mass is 9.99. The number of pyridine rings is 1. The first-order valence-corrected chi connectivity index (χ1v) is 6.57. The highest BCUT2D eigenvalue weighted by atomic mass is 32.1. The number of rotatable bonds is 4. The second-order valence-corrected chi connectivity index (χ2v) is 5.14. The molecule has 0 aliphatic heterocycles. The average molecular weight is 280 g/mol. The van der Waals surface area contributed by atoms with Gasteiger partial charge in [0.15, 0.2) is 0 Å². The van der Waals surface area contributed by atoms with E-state index >= 15 is 0 Å². The summed E-state index contributed by atoms with van der Waals surface area (Å²) < 4.78 is 12.9. The number of thiophene rings is 1. The third-order valence-electron chi connectivity index (χ3n) is 2.70. The maximum Gasteiger partial charge on any atom is 0.253 e. The molecule has 0 aliphatic carbocycles. The molecule has 4 nitrogen and oxygen atoms in total. The van der Waals surface area contributed by atoms with Crippen molar-refractivity contribution in [3.63, 3.8) is 0 Å². The highest BCUT2D eigenvalue weighted by molar-refractivity contribution is 7.08. The van der Waals surface area contributed by atoms with Gasteiger partial charge in [-0.2, -0.15) is 11.3 Å². The Bertz CT molecular complexity index is 570. The van der Waals surface area contributed by atoms with E-state index in [4.69, 9.17) is 0 Å². The van der Waals surface area contributed by atoms with Crippen LogP contribution in [0, 0.1) is 5.82 Å². The van der Waals surface area contributed by atoms with Crippen molar-refractivity contribution in [2.24, 2.45) is 0 Å². The van der Waals surface area contributed by atoms with Crippen LogP contribution in [0.25, 0.3) is 0 Å². The molecule has 0 bridgehead atoms. The average Bonchev–Trinajstić information content (AvgIpc) is 2.90. The quantitative estimate of drug-likeness (QED) is 0.899. The van der Waals surface area contributed by atoms with Crippen molar-refractivity contribution in [1.29, 1.82) is 0 Å². The number of aliphatic hydroxyl groups is 1. The molecule has 2 heterocycles. The van der Waals surface area contributed by atoms with Crippen molar-refractivity contribution in [2.75, 3.05) is 6.54 Å². The fourth-order valence-electron chi connectivity index (χ4n) is 1.56. The molecular weight excluding hydrogens is 267 g/mol. The first kappa shape index (κ1) is 13.6. The van der Waals surface area contributed by atoms with Gasteiger partial charge >= 0.3 is 0 Å². The van der Waals surface area contributed by atoms with Crippen LogP contribution in [0.5, 0.6) is 0 Å². The first-order valence-electron chi connectivity index (χ1n) is 5.63. The Labute approximate surface area is 113 Å². The summed E-state index contributed by atoms with van der Waals surface area (Å²) in [6, 6.07) is 2.89. The van der Waals surface area contributed by atoms with Gasteiger partial charge in [-0.15, -0.1) is 0 Å². The highest BCUT2D eigenvalue weighted by Crippen LogP contribution is 2.22. The summed E-state index contributed by atoms with van der Waals surface area (Å²) >= 11 is 1.47. The number of hydrogen-bond donors (Lipinski definition) is 2. The summed E-state index contributed by atoms with van der Waals surface area (Å²) in [5, 5.41) is 16.5. The Balaban J connectivity index is 2.01. The molecular formula is C13H13FN2O2S. The van der Waals surface area contributed by atoms with E-state index in [9.17, 15) is 14.3 Å². The van der Waals surface area contributed by atoms with Crippen LogP contribution in [-0.4, -0.2) is 22.5 Å². The van der Waals surface area contributed by atoms with E-state index in [1.165, 1.54) is 17.5 Å². The van der Waals surface area contributed by atoms with Gasteiger partial charge in [0.05, 0.1) is 18.3 Å². The minimum absolute atomic E-state index is 0.0408. The van der Waals surface area contributed by atoms with Crippen LogP contribution in [0.15, 0.2) is 35.3 Å². The molecule has 0 radical (unpaired) electrons. The largest absolute Gasteiger partial charge is 0.384 e. The molecule has 0 spiro atoms. The predicted octanol–water partition coefficient (Wildman–Crippen LogP) is 1.92. The predicted molar refractivity (Wildman–Crippen MR) is 70.4 cm³/mol. The second-order valence-electron chi connectivity index (χ2n) is 4.36. The third kappa shape index (κ3) is 3.36. The van der Waals surface area contributed by atoms with Gasteiger partial charge in [0, 0.05) is 6.20 Å². The number of carbonyl (C=O) groups is 1. The SMILES string of the molecule is CC(O)(CNC(=O)c1cncc(F)c1)c1ccsc1. The minimum atomic E-state index is -1.16. The zero-order valence-corrected chi connectivity index (χ0v) is 11.1. The van der Waals surface area contributed by atoms with Crippen LogP contribution in [-0.2, 0) is 5.60 Å². The van der Waals surface area contributed by atoms with Gasteiger partial charge in [0.2, 0.25) is 0 Å². The zero-order chi connectivity index (χ0) is 13.9. The van der Waals surface area contributed by atoms with E-state index in [2.05, 4.69) is 10.3 Å². The Hall–Kier alpha value is -1.79. The number of amides is 1. The number of nitrogens with zero attached hydrogens (tertiary/aromatic N) is 1. The molecule has 0 saturated carbocycles. The van der Waals surface area contributed by atoms with Crippen LogP contribution in [0.1, 0.15) is 22.8 Å². The molecule has 1 amide bonds. The van der Waals surface area contributed by atoms with Crippen LogP contribution in [0.2, 0.25) is 0 Å². The first-order chi connectivity index (χ1) is 8.99. The molecule has 6 heteroatoms. The lowest BCUT2D eigenvalue weighted by Crippen LogP contribution is -2.38. The van der Waals surface area contributed by atoms with Crippen molar-refractivity contribution in [2.45, 2.75) is 12.5 Å². The normalized spacial score (nSPS) is 13.8. The van der Waals surface area contributed by atoms with E-state index in [-0.39, 0.29) is 12.1 Å². The van der Waals surface area contributed by atoms with Crippen molar-refractivity contribution in [1.82, 2.24) is 10.3 Å². The van der Waals surface area contributed by atoms with E-state index in [0.29, 0.717) is 0 Å². The molecule has 0 aromatic carbocycles. The standard InChI is InChI=1S/C13H13FN2O2S/c1-13(18,10-2-3-19-7-10)8-16-12(17)9-4-11(14)6-15-5-9/h2-7,18H,8H2,1H3,(H,16,17). The Morgan fingerprint density at radius 2 is 2.37 bits per heavy atom. The molecule has 2 aromatic heterocycles. The molecule has 0 saturated heterocycles. The maximum absolute atomic E-state index is 12.9. The van der Waals surface area contributed by atoms with E-state index in [0.717, 1.165) is 17.8 Å². The van der Waals surface area contributed by atoms with Gasteiger partial charge in [-0.1, -0.05) is 0 Å². The summed E-state index contributed by atoms with van der Waals surface area (Å²) in [6.07, 6.45) is 2.30. The third-order valence-corrected chi connectivity index (χ3v) is 3.39. The van der Waals surface area contributed by atoms with Crippen molar-refractivity contribution in [3.8, 4) is 0 Å². The number of carbonyl (C=O) groups excluding carboxylic acids is 1. The topological polar surface area (TPSA) is 62.2 Å². The molecule has 1 atom stereocenters. The Kier molecular flexibility index (Phi) is 3.92. The lowest BCUT2D eigenvalue weighted by Gasteiger charge is -2.22. The van der Waals surface area contributed by atoms with Gasteiger partial charge in [0.25, 0.3) is 5.91 Å². The van der Waals surface area contributed by atoms with E-state index < -0.39 is 17.3 Å². The van der Waals surface area contributed by atoms with Crippen molar-refractivity contribution < 1.29 is 14.3 Å². The molecule has 0 fully saturated rings. The molecule has 2 rings (SSSR count). The van der Waals surface area contributed by atoms with Gasteiger partial charge in [-0.3, -0.25) is 9.78 Å². The summed E-state index contributed by atoms with van der Waals surface area (Å²) in [7, 11) is 0. The lowest BCUT2D eigenvalue weighted by molar-refractivity contribution is 0.0530. The van der Waals surface area contributed by atoms with Crippen LogP contribution in [0.3, 0.4) is 0 Å². The maximum atomic E-state index is 12.9. The number of nitrogens with one attached hydrogen (secondary N) is 1. The minimum Gasteiger partial charge on any atom is -0.384 e. The van der Waals surface area contributed by atoms with Gasteiger partial charge in [0.1, 0.15) is 11.4 Å².